The first-order chi connectivity index (χ1) is 8.93. The predicted molar refractivity (Wildman–Crippen MR) is 65.8 cm³/mol. The second kappa shape index (κ2) is 6.39. The van der Waals surface area contributed by atoms with E-state index in [9.17, 15) is 14.4 Å². The number of aryl methyl sites for hydroxylation is 1. The molecule has 0 unspecified atom stereocenters. The van der Waals surface area contributed by atoms with E-state index in [-0.39, 0.29) is 5.91 Å². The van der Waals surface area contributed by atoms with Crippen LogP contribution in [0.1, 0.15) is 28.8 Å². The summed E-state index contributed by atoms with van der Waals surface area (Å²) in [6, 6.07) is 1.46. The Bertz CT molecular complexity index is 530. The first-order valence-corrected chi connectivity index (χ1v) is 5.37. The van der Waals surface area contributed by atoms with Gasteiger partial charge >= 0.3 is 5.97 Å². The average molecular weight is 266 g/mol. The molecule has 0 saturated carbocycles. The molecule has 1 aromatic rings. The fourth-order valence-corrected chi connectivity index (χ4v) is 1.25. The third-order valence-corrected chi connectivity index (χ3v) is 2.10. The SMILES string of the molecule is COC(=O)c1cc(/C=C/C(=O)NNC(C)=O)oc1C. The van der Waals surface area contributed by atoms with Gasteiger partial charge in [0, 0.05) is 13.0 Å². The van der Waals surface area contributed by atoms with Crippen LogP contribution in [0, 0.1) is 6.92 Å². The topological polar surface area (TPSA) is 97.6 Å². The quantitative estimate of drug-likeness (QED) is 0.473. The van der Waals surface area contributed by atoms with Gasteiger partial charge in [-0.1, -0.05) is 0 Å². The van der Waals surface area contributed by atoms with Crippen molar-refractivity contribution >= 4 is 23.9 Å². The fraction of sp³-hybridized carbons (Fsp3) is 0.250. The Labute approximate surface area is 109 Å². The Balaban J connectivity index is 2.69. The molecule has 102 valence electrons. The Morgan fingerprint density at radius 1 is 1.32 bits per heavy atom. The minimum atomic E-state index is -0.524. The minimum Gasteiger partial charge on any atom is -0.465 e. The zero-order valence-corrected chi connectivity index (χ0v) is 10.8. The summed E-state index contributed by atoms with van der Waals surface area (Å²) >= 11 is 0. The van der Waals surface area contributed by atoms with Crippen molar-refractivity contribution in [1.82, 2.24) is 10.9 Å². The molecule has 2 amide bonds. The molecule has 0 radical (unpaired) electrons. The summed E-state index contributed by atoms with van der Waals surface area (Å²) < 4.78 is 9.83. The van der Waals surface area contributed by atoms with Crippen LogP contribution in [0.2, 0.25) is 0 Å². The molecule has 0 fully saturated rings. The van der Waals surface area contributed by atoms with Gasteiger partial charge in [0.2, 0.25) is 5.91 Å². The highest BCUT2D eigenvalue weighted by Crippen LogP contribution is 2.16. The molecule has 7 heteroatoms. The van der Waals surface area contributed by atoms with Crippen molar-refractivity contribution in [3.05, 3.63) is 29.2 Å². The van der Waals surface area contributed by atoms with Gasteiger partial charge in [-0.2, -0.15) is 0 Å². The number of esters is 1. The molecule has 0 aromatic carbocycles. The number of hydrogen-bond acceptors (Lipinski definition) is 5. The van der Waals surface area contributed by atoms with Gasteiger partial charge in [0.25, 0.3) is 5.91 Å². The average Bonchev–Trinajstić information content (AvgIpc) is 2.74. The van der Waals surface area contributed by atoms with Crippen LogP contribution >= 0.6 is 0 Å². The molecular formula is C12H14N2O5. The van der Waals surface area contributed by atoms with Crippen LogP contribution in [0.15, 0.2) is 16.6 Å². The third kappa shape index (κ3) is 4.30. The molecule has 1 aromatic heterocycles. The Morgan fingerprint density at radius 2 is 2.00 bits per heavy atom. The maximum Gasteiger partial charge on any atom is 0.341 e. The van der Waals surface area contributed by atoms with Crippen molar-refractivity contribution in [3.8, 4) is 0 Å². The first-order valence-electron chi connectivity index (χ1n) is 5.37. The zero-order chi connectivity index (χ0) is 14.4. The highest BCUT2D eigenvalue weighted by Gasteiger charge is 2.14. The van der Waals surface area contributed by atoms with Gasteiger partial charge < -0.3 is 9.15 Å². The van der Waals surface area contributed by atoms with Gasteiger partial charge in [0.05, 0.1) is 7.11 Å². The standard InChI is InChI=1S/C12H14N2O5/c1-7-10(12(17)18-3)6-9(19-7)4-5-11(16)14-13-8(2)15/h4-6H,1-3H3,(H,13,15)(H,14,16)/b5-4+. The molecule has 0 spiro atoms. The van der Waals surface area contributed by atoms with E-state index in [1.54, 1.807) is 6.92 Å². The Hall–Kier alpha value is -2.57. The van der Waals surface area contributed by atoms with E-state index in [0.717, 1.165) is 6.08 Å². The molecule has 1 rings (SSSR count). The van der Waals surface area contributed by atoms with Gasteiger partial charge in [-0.15, -0.1) is 0 Å². The van der Waals surface area contributed by atoms with Gasteiger partial charge in [0.1, 0.15) is 17.1 Å². The summed E-state index contributed by atoms with van der Waals surface area (Å²) in [6.07, 6.45) is 2.53. The molecular weight excluding hydrogens is 252 g/mol. The van der Waals surface area contributed by atoms with Crippen molar-refractivity contribution in [2.75, 3.05) is 7.11 Å². The van der Waals surface area contributed by atoms with Gasteiger partial charge in [-0.05, 0) is 19.1 Å². The van der Waals surface area contributed by atoms with Crippen molar-refractivity contribution < 1.29 is 23.5 Å². The monoisotopic (exact) mass is 266 g/mol. The molecule has 19 heavy (non-hydrogen) atoms. The van der Waals surface area contributed by atoms with E-state index in [2.05, 4.69) is 15.6 Å². The van der Waals surface area contributed by atoms with Crippen LogP contribution in [0.3, 0.4) is 0 Å². The predicted octanol–water partition coefficient (Wildman–Crippen LogP) is 0.555. The van der Waals surface area contributed by atoms with Crippen molar-refractivity contribution in [2.45, 2.75) is 13.8 Å². The molecule has 0 bridgehead atoms. The number of hydrazine groups is 1. The summed E-state index contributed by atoms with van der Waals surface area (Å²) in [5.74, 6) is -0.694. The van der Waals surface area contributed by atoms with Crippen LogP contribution < -0.4 is 10.9 Å². The first kappa shape index (κ1) is 14.5. The van der Waals surface area contributed by atoms with E-state index in [1.165, 1.54) is 26.2 Å². The Morgan fingerprint density at radius 3 is 2.58 bits per heavy atom. The van der Waals surface area contributed by atoms with Crippen molar-refractivity contribution in [2.24, 2.45) is 0 Å². The van der Waals surface area contributed by atoms with Gasteiger partial charge in [0.15, 0.2) is 0 Å². The lowest BCUT2D eigenvalue weighted by Gasteiger charge is -1.99. The largest absolute Gasteiger partial charge is 0.465 e. The Kier molecular flexibility index (Phi) is 4.87. The number of methoxy groups -OCH3 is 1. The molecule has 7 nitrogen and oxygen atoms in total. The van der Waals surface area contributed by atoms with Crippen LogP contribution in [-0.4, -0.2) is 24.9 Å². The van der Waals surface area contributed by atoms with Crippen LogP contribution in [0.5, 0.6) is 0 Å². The second-order valence-electron chi connectivity index (χ2n) is 3.61. The number of amides is 2. The molecule has 0 saturated heterocycles. The second-order valence-corrected chi connectivity index (χ2v) is 3.61. The van der Waals surface area contributed by atoms with Crippen LogP contribution in [0.4, 0.5) is 0 Å². The lowest BCUT2D eigenvalue weighted by Crippen LogP contribution is -2.39. The number of ether oxygens (including phenoxy) is 1. The number of hydrogen-bond donors (Lipinski definition) is 2. The molecule has 0 aliphatic heterocycles. The summed E-state index contributed by atoms with van der Waals surface area (Å²) in [5, 5.41) is 0. The molecule has 0 aliphatic carbocycles. The number of carbonyl (C=O) groups is 3. The lowest BCUT2D eigenvalue weighted by atomic mass is 10.2. The molecule has 2 N–H and O–H groups in total. The van der Waals surface area contributed by atoms with Crippen LogP contribution in [-0.2, 0) is 14.3 Å². The van der Waals surface area contributed by atoms with E-state index in [0.29, 0.717) is 17.1 Å². The summed E-state index contributed by atoms with van der Waals surface area (Å²) in [4.78, 5) is 33.1. The number of furan rings is 1. The molecule has 0 atom stereocenters. The summed E-state index contributed by atoms with van der Waals surface area (Å²) in [5.41, 5.74) is 4.58. The number of carbonyl (C=O) groups excluding carboxylic acids is 3. The third-order valence-electron chi connectivity index (χ3n) is 2.10. The van der Waals surface area contributed by atoms with Gasteiger partial charge in [-0.25, -0.2) is 4.79 Å². The minimum absolute atomic E-state index is 0.296. The number of rotatable bonds is 3. The van der Waals surface area contributed by atoms with E-state index in [4.69, 9.17) is 4.42 Å². The maximum atomic E-state index is 11.3. The van der Waals surface area contributed by atoms with Gasteiger partial charge in [-0.3, -0.25) is 20.4 Å². The van der Waals surface area contributed by atoms with Crippen molar-refractivity contribution in [1.29, 1.82) is 0 Å². The highest BCUT2D eigenvalue weighted by molar-refractivity contribution is 5.94. The van der Waals surface area contributed by atoms with E-state index < -0.39 is 11.9 Å². The highest BCUT2D eigenvalue weighted by atomic mass is 16.5. The molecule has 0 aliphatic rings. The zero-order valence-electron chi connectivity index (χ0n) is 10.8. The smallest absolute Gasteiger partial charge is 0.341 e. The summed E-state index contributed by atoms with van der Waals surface area (Å²) in [7, 11) is 1.27. The van der Waals surface area contributed by atoms with Crippen molar-refractivity contribution in [3.63, 3.8) is 0 Å². The van der Waals surface area contributed by atoms with E-state index in [1.807, 2.05) is 0 Å². The summed E-state index contributed by atoms with van der Waals surface area (Å²) in [6.45, 7) is 2.88. The maximum absolute atomic E-state index is 11.3. The van der Waals surface area contributed by atoms with Crippen LogP contribution in [0.25, 0.3) is 6.08 Å². The fourth-order valence-electron chi connectivity index (χ4n) is 1.25. The molecule has 1 heterocycles. The number of nitrogens with one attached hydrogen (secondary N) is 2. The normalized spacial score (nSPS) is 10.3. The lowest BCUT2D eigenvalue weighted by molar-refractivity contribution is -0.125. The van der Waals surface area contributed by atoms with E-state index >= 15 is 0 Å².